The molecule has 8 nitrogen and oxygen atoms in total. The van der Waals surface area contributed by atoms with E-state index in [-0.39, 0.29) is 17.5 Å². The second-order valence-corrected chi connectivity index (χ2v) is 8.48. The normalized spacial score (nSPS) is 10.9. The van der Waals surface area contributed by atoms with E-state index in [0.717, 1.165) is 17.5 Å². The standard InChI is InChI=1S/C24H29FN4O4S/c1-28(15-17-7-5-8-19(25)13-17)22(30)16-34-24-27-26-23(29(24)11-6-12-31-2)18-9-10-20(32-3)21(14-18)33-4/h5,7-10,13-14H,6,11-12,15-16H2,1-4H3. The molecule has 0 spiro atoms. The van der Waals surface area contributed by atoms with Crippen molar-refractivity contribution in [2.45, 2.75) is 24.7 Å². The lowest BCUT2D eigenvalue weighted by atomic mass is 10.2. The molecule has 0 unspecified atom stereocenters. The van der Waals surface area contributed by atoms with Gasteiger partial charge in [0, 0.05) is 39.4 Å². The van der Waals surface area contributed by atoms with Gasteiger partial charge >= 0.3 is 0 Å². The third-order valence-corrected chi connectivity index (χ3v) is 6.10. The Hall–Kier alpha value is -3.11. The van der Waals surface area contributed by atoms with Crippen molar-refractivity contribution in [3.05, 3.63) is 53.8 Å². The highest BCUT2D eigenvalue weighted by atomic mass is 32.2. The van der Waals surface area contributed by atoms with E-state index < -0.39 is 0 Å². The van der Waals surface area contributed by atoms with Gasteiger partial charge in [-0.2, -0.15) is 0 Å². The van der Waals surface area contributed by atoms with E-state index in [1.165, 1.54) is 23.9 Å². The number of hydrogen-bond acceptors (Lipinski definition) is 7. The Morgan fingerprint density at radius 2 is 1.88 bits per heavy atom. The topological polar surface area (TPSA) is 78.7 Å². The predicted molar refractivity (Wildman–Crippen MR) is 129 cm³/mol. The van der Waals surface area contributed by atoms with E-state index in [4.69, 9.17) is 14.2 Å². The fourth-order valence-corrected chi connectivity index (χ4v) is 4.29. The van der Waals surface area contributed by atoms with Crippen molar-refractivity contribution in [2.75, 3.05) is 40.7 Å². The number of amides is 1. The Kier molecular flexibility index (Phi) is 9.29. The molecule has 0 atom stereocenters. The molecule has 3 rings (SSSR count). The highest BCUT2D eigenvalue weighted by Crippen LogP contribution is 2.33. The van der Waals surface area contributed by atoms with Crippen LogP contribution >= 0.6 is 11.8 Å². The van der Waals surface area contributed by atoms with Gasteiger partial charge in [0.1, 0.15) is 5.82 Å². The monoisotopic (exact) mass is 488 g/mol. The predicted octanol–water partition coefficient (Wildman–Crippen LogP) is 3.89. The highest BCUT2D eigenvalue weighted by molar-refractivity contribution is 7.99. The van der Waals surface area contributed by atoms with Gasteiger partial charge in [0.05, 0.1) is 20.0 Å². The number of halogens is 1. The number of aromatic nitrogens is 3. The molecule has 0 aliphatic carbocycles. The first kappa shape index (κ1) is 25.5. The zero-order chi connectivity index (χ0) is 24.5. The van der Waals surface area contributed by atoms with E-state index in [0.29, 0.717) is 42.2 Å². The Labute approximate surface area is 203 Å². The molecular weight excluding hydrogens is 459 g/mol. The fraction of sp³-hybridized carbons (Fsp3) is 0.375. The van der Waals surface area contributed by atoms with Gasteiger partial charge in [-0.25, -0.2) is 4.39 Å². The molecule has 0 radical (unpaired) electrons. The number of nitrogens with zero attached hydrogens (tertiary/aromatic N) is 4. The number of carbonyl (C=O) groups excluding carboxylic acids is 1. The first-order valence-electron chi connectivity index (χ1n) is 10.7. The van der Waals surface area contributed by atoms with Crippen LogP contribution in [0.2, 0.25) is 0 Å². The average molecular weight is 489 g/mol. The van der Waals surface area contributed by atoms with Crippen LogP contribution in [0, 0.1) is 5.82 Å². The molecule has 1 heterocycles. The first-order chi connectivity index (χ1) is 16.5. The summed E-state index contributed by atoms with van der Waals surface area (Å²) in [5.41, 5.74) is 1.56. The van der Waals surface area contributed by atoms with Crippen LogP contribution in [0.1, 0.15) is 12.0 Å². The quantitative estimate of drug-likeness (QED) is 0.283. The van der Waals surface area contributed by atoms with Crippen molar-refractivity contribution in [3.8, 4) is 22.9 Å². The van der Waals surface area contributed by atoms with Crippen molar-refractivity contribution in [3.63, 3.8) is 0 Å². The maximum atomic E-state index is 13.4. The molecule has 2 aromatic carbocycles. The van der Waals surface area contributed by atoms with Gasteiger partial charge in [-0.1, -0.05) is 23.9 Å². The van der Waals surface area contributed by atoms with Crippen molar-refractivity contribution in [1.29, 1.82) is 0 Å². The van der Waals surface area contributed by atoms with E-state index in [9.17, 15) is 9.18 Å². The number of ether oxygens (including phenoxy) is 3. The molecule has 3 aromatic rings. The SMILES string of the molecule is COCCCn1c(SCC(=O)N(C)Cc2cccc(F)c2)nnc1-c1ccc(OC)c(OC)c1. The van der Waals surface area contributed by atoms with Crippen LogP contribution in [0.15, 0.2) is 47.6 Å². The van der Waals surface area contributed by atoms with Crippen LogP contribution < -0.4 is 9.47 Å². The van der Waals surface area contributed by atoms with Gasteiger partial charge in [-0.3, -0.25) is 4.79 Å². The molecule has 0 aliphatic rings. The van der Waals surface area contributed by atoms with Crippen molar-refractivity contribution in [2.24, 2.45) is 0 Å². The second kappa shape index (κ2) is 12.4. The molecule has 182 valence electrons. The van der Waals surface area contributed by atoms with Crippen LogP contribution in [0.3, 0.4) is 0 Å². The molecule has 0 fully saturated rings. The minimum Gasteiger partial charge on any atom is -0.493 e. The Balaban J connectivity index is 1.76. The smallest absolute Gasteiger partial charge is 0.233 e. The lowest BCUT2D eigenvalue weighted by Crippen LogP contribution is -2.28. The fourth-order valence-electron chi connectivity index (χ4n) is 3.39. The second-order valence-electron chi connectivity index (χ2n) is 7.54. The van der Waals surface area contributed by atoms with Gasteiger partial charge in [-0.05, 0) is 42.3 Å². The molecule has 0 bridgehead atoms. The number of methoxy groups -OCH3 is 3. The lowest BCUT2D eigenvalue weighted by Gasteiger charge is -2.17. The molecule has 1 aromatic heterocycles. The minimum absolute atomic E-state index is 0.0895. The summed E-state index contributed by atoms with van der Waals surface area (Å²) in [5.74, 6) is 1.65. The van der Waals surface area contributed by atoms with Crippen LogP contribution in [0.5, 0.6) is 11.5 Å². The highest BCUT2D eigenvalue weighted by Gasteiger charge is 2.18. The summed E-state index contributed by atoms with van der Waals surface area (Å²) in [4.78, 5) is 14.3. The maximum absolute atomic E-state index is 13.4. The van der Waals surface area contributed by atoms with Gasteiger partial charge in [0.25, 0.3) is 0 Å². The van der Waals surface area contributed by atoms with Crippen molar-refractivity contribution in [1.82, 2.24) is 19.7 Å². The molecule has 0 saturated heterocycles. The van der Waals surface area contributed by atoms with Crippen LogP contribution in [0.25, 0.3) is 11.4 Å². The summed E-state index contributed by atoms with van der Waals surface area (Å²) in [6.07, 6.45) is 0.760. The van der Waals surface area contributed by atoms with E-state index in [1.54, 1.807) is 45.4 Å². The number of benzene rings is 2. The summed E-state index contributed by atoms with van der Waals surface area (Å²) in [5, 5.41) is 9.36. The third-order valence-electron chi connectivity index (χ3n) is 5.15. The molecule has 10 heteroatoms. The van der Waals surface area contributed by atoms with Gasteiger partial charge < -0.3 is 23.7 Å². The minimum atomic E-state index is -0.320. The summed E-state index contributed by atoms with van der Waals surface area (Å²) < 4.78 is 31.4. The number of thioether (sulfide) groups is 1. The third kappa shape index (κ3) is 6.48. The first-order valence-corrected chi connectivity index (χ1v) is 11.7. The number of hydrogen-bond donors (Lipinski definition) is 0. The summed E-state index contributed by atoms with van der Waals surface area (Å²) in [6.45, 7) is 1.54. The molecule has 34 heavy (non-hydrogen) atoms. The zero-order valence-corrected chi connectivity index (χ0v) is 20.6. The van der Waals surface area contributed by atoms with E-state index >= 15 is 0 Å². The average Bonchev–Trinajstić information content (AvgIpc) is 3.24. The molecular formula is C24H29FN4O4S. The van der Waals surface area contributed by atoms with Crippen molar-refractivity contribution < 1.29 is 23.4 Å². The lowest BCUT2D eigenvalue weighted by molar-refractivity contribution is -0.127. The van der Waals surface area contributed by atoms with Crippen molar-refractivity contribution >= 4 is 17.7 Å². The van der Waals surface area contributed by atoms with Gasteiger partial charge in [0.15, 0.2) is 22.5 Å². The van der Waals surface area contributed by atoms with E-state index in [2.05, 4.69) is 10.2 Å². The number of rotatable bonds is 12. The molecule has 1 amide bonds. The Bertz CT molecular complexity index is 1110. The van der Waals surface area contributed by atoms with E-state index in [1.807, 2.05) is 22.8 Å². The Morgan fingerprint density at radius 1 is 1.09 bits per heavy atom. The summed E-state index contributed by atoms with van der Waals surface area (Å²) in [7, 11) is 6.52. The largest absolute Gasteiger partial charge is 0.493 e. The summed E-state index contributed by atoms with van der Waals surface area (Å²) >= 11 is 1.32. The van der Waals surface area contributed by atoms with Crippen LogP contribution in [-0.4, -0.2) is 66.3 Å². The number of carbonyl (C=O) groups is 1. The molecule has 0 saturated carbocycles. The molecule has 0 aliphatic heterocycles. The van der Waals surface area contributed by atoms with Gasteiger partial charge in [0.2, 0.25) is 5.91 Å². The zero-order valence-electron chi connectivity index (χ0n) is 19.8. The Morgan fingerprint density at radius 3 is 2.59 bits per heavy atom. The maximum Gasteiger partial charge on any atom is 0.233 e. The van der Waals surface area contributed by atoms with Gasteiger partial charge in [-0.15, -0.1) is 10.2 Å². The van der Waals surface area contributed by atoms with Crippen LogP contribution in [-0.2, 0) is 22.6 Å². The molecule has 0 N–H and O–H groups in total. The summed E-state index contributed by atoms with van der Waals surface area (Å²) in [6, 6.07) is 11.8. The van der Waals surface area contributed by atoms with Crippen LogP contribution in [0.4, 0.5) is 4.39 Å².